The van der Waals surface area contributed by atoms with Crippen LogP contribution in [0, 0.1) is 0 Å². The smallest absolute Gasteiger partial charge is 0.264 e. The lowest BCUT2D eigenvalue weighted by Crippen LogP contribution is -2.54. The van der Waals surface area contributed by atoms with Gasteiger partial charge in [-0.1, -0.05) is 0 Å². The second-order valence-corrected chi connectivity index (χ2v) is 10.9. The second kappa shape index (κ2) is 12.9. The van der Waals surface area contributed by atoms with E-state index < -0.39 is 6.43 Å². The standard InChI is InChI=1S/C29H43F2N7O/c1-19(39)37-13-9-26(35-22-7-10-34-11-8-22)25(18-37)29(36(3)4)38-12-5-6-20-14-23(21(16-32)17-33-2)24(28(30)31)15-27(20)38/h14-17,22,28-29,34-35H,5-13,18,32H2,1-4H3. The van der Waals surface area contributed by atoms with Crippen LogP contribution in [0.1, 0.15) is 55.7 Å². The number of amides is 1. The third-order valence-corrected chi connectivity index (χ3v) is 8.04. The number of nitrogens with zero attached hydrogens (tertiary/aromatic N) is 4. The average molecular weight is 544 g/mol. The number of fused-ring (bicyclic) bond motifs is 1. The highest BCUT2D eigenvalue weighted by molar-refractivity contribution is 6.10. The Morgan fingerprint density at radius 2 is 1.97 bits per heavy atom. The molecule has 1 atom stereocenters. The molecule has 10 heteroatoms. The maximum atomic E-state index is 14.4. The molecule has 1 aromatic rings. The summed E-state index contributed by atoms with van der Waals surface area (Å²) in [6.45, 7) is 5.51. The van der Waals surface area contributed by atoms with Gasteiger partial charge in [0.1, 0.15) is 6.17 Å². The number of hydrogen-bond acceptors (Lipinski definition) is 7. The van der Waals surface area contributed by atoms with Crippen molar-refractivity contribution in [3.05, 3.63) is 46.3 Å². The van der Waals surface area contributed by atoms with Crippen molar-refractivity contribution in [1.82, 2.24) is 20.4 Å². The van der Waals surface area contributed by atoms with Crippen molar-refractivity contribution in [1.29, 1.82) is 0 Å². The Hall–Kier alpha value is -2.98. The molecule has 0 aromatic heterocycles. The lowest BCUT2D eigenvalue weighted by molar-refractivity contribution is -0.128. The fourth-order valence-electron chi connectivity index (χ4n) is 6.15. The summed E-state index contributed by atoms with van der Waals surface area (Å²) in [5.41, 5.74) is 10.8. The highest BCUT2D eigenvalue weighted by Crippen LogP contribution is 2.39. The Morgan fingerprint density at radius 3 is 2.59 bits per heavy atom. The Morgan fingerprint density at radius 1 is 1.23 bits per heavy atom. The molecule has 0 radical (unpaired) electrons. The summed E-state index contributed by atoms with van der Waals surface area (Å²) in [5.74, 6) is 0.0493. The van der Waals surface area contributed by atoms with Gasteiger partial charge >= 0.3 is 0 Å². The van der Waals surface area contributed by atoms with Crippen LogP contribution in [0.4, 0.5) is 14.5 Å². The topological polar surface area (TPSA) is 89.2 Å². The van der Waals surface area contributed by atoms with Gasteiger partial charge in [0.05, 0.1) is 0 Å². The minimum Gasteiger partial charge on any atom is -0.404 e. The van der Waals surface area contributed by atoms with E-state index in [-0.39, 0.29) is 17.6 Å². The summed E-state index contributed by atoms with van der Waals surface area (Å²) in [4.78, 5) is 22.7. The molecule has 1 fully saturated rings. The van der Waals surface area contributed by atoms with Gasteiger partial charge in [-0.15, -0.1) is 0 Å². The molecule has 3 aliphatic rings. The fraction of sp³-hybridized carbons (Fsp3) is 0.586. The SMILES string of the molecule is CN=CC(=CN)c1cc2c(cc1C(F)F)N(C(C1=C(NC3CCNCC3)CCN(C(C)=O)C1)N(C)C)CCC2. The molecule has 1 amide bonds. The summed E-state index contributed by atoms with van der Waals surface area (Å²) in [6.07, 6.45) is 4.56. The van der Waals surface area contributed by atoms with E-state index in [1.165, 1.54) is 18.1 Å². The summed E-state index contributed by atoms with van der Waals surface area (Å²) in [6, 6.07) is 3.89. The number of benzene rings is 1. The number of aryl methyl sites for hydroxylation is 1. The molecule has 4 rings (SSSR count). The van der Waals surface area contributed by atoms with Crippen molar-refractivity contribution in [3.63, 3.8) is 0 Å². The number of likely N-dealkylation sites (N-methyl/N-ethyl adjacent to an activating group) is 1. The minimum atomic E-state index is -2.66. The first-order chi connectivity index (χ1) is 18.7. The number of hydrogen-bond donors (Lipinski definition) is 3. The first kappa shape index (κ1) is 29.0. The van der Waals surface area contributed by atoms with Crippen LogP contribution in [0.25, 0.3) is 5.57 Å². The Labute approximate surface area is 231 Å². The Bertz CT molecular complexity index is 1120. The molecule has 0 bridgehead atoms. The van der Waals surface area contributed by atoms with Crippen molar-refractivity contribution < 1.29 is 13.6 Å². The van der Waals surface area contributed by atoms with E-state index in [4.69, 9.17) is 5.73 Å². The molecule has 4 N–H and O–H groups in total. The summed E-state index contributed by atoms with van der Waals surface area (Å²) < 4.78 is 28.9. The molecule has 214 valence electrons. The van der Waals surface area contributed by atoms with Gasteiger partial charge in [-0.05, 0) is 76.1 Å². The van der Waals surface area contributed by atoms with Gasteiger partial charge < -0.3 is 26.2 Å². The van der Waals surface area contributed by atoms with Crippen LogP contribution in [-0.2, 0) is 11.2 Å². The molecular formula is C29H43F2N7O. The van der Waals surface area contributed by atoms with Crippen LogP contribution < -0.4 is 21.3 Å². The van der Waals surface area contributed by atoms with Crippen molar-refractivity contribution in [3.8, 4) is 0 Å². The maximum absolute atomic E-state index is 14.4. The van der Waals surface area contributed by atoms with Crippen LogP contribution >= 0.6 is 0 Å². The van der Waals surface area contributed by atoms with Gasteiger partial charge in [-0.2, -0.15) is 0 Å². The first-order valence-electron chi connectivity index (χ1n) is 13.9. The quantitative estimate of drug-likeness (QED) is 0.437. The molecule has 0 saturated carbocycles. The number of anilines is 1. The van der Waals surface area contributed by atoms with E-state index in [0.29, 0.717) is 30.3 Å². The zero-order chi connectivity index (χ0) is 28.1. The van der Waals surface area contributed by atoms with E-state index in [1.807, 2.05) is 25.1 Å². The molecule has 39 heavy (non-hydrogen) atoms. The molecule has 3 aliphatic heterocycles. The molecule has 1 saturated heterocycles. The average Bonchev–Trinajstić information content (AvgIpc) is 2.92. The van der Waals surface area contributed by atoms with Crippen molar-refractivity contribution >= 4 is 23.4 Å². The predicted octanol–water partition coefficient (Wildman–Crippen LogP) is 3.11. The van der Waals surface area contributed by atoms with Crippen molar-refractivity contribution in [2.45, 2.75) is 57.7 Å². The zero-order valence-corrected chi connectivity index (χ0v) is 23.6. The number of alkyl halides is 2. The number of halogens is 2. The number of carbonyl (C=O) groups excluding carboxylic acids is 1. The number of piperidine rings is 1. The van der Waals surface area contributed by atoms with Gasteiger partial charge in [0, 0.05) is 86.6 Å². The number of carbonyl (C=O) groups is 1. The highest BCUT2D eigenvalue weighted by atomic mass is 19.3. The number of rotatable bonds is 8. The van der Waals surface area contributed by atoms with Gasteiger partial charge in [0.25, 0.3) is 6.43 Å². The molecular weight excluding hydrogens is 500 g/mol. The van der Waals surface area contributed by atoms with E-state index in [1.54, 1.807) is 20.0 Å². The Balaban J connectivity index is 1.80. The van der Waals surface area contributed by atoms with Crippen LogP contribution in [0.3, 0.4) is 0 Å². The third kappa shape index (κ3) is 6.44. The van der Waals surface area contributed by atoms with Crippen molar-refractivity contribution in [2.75, 3.05) is 58.8 Å². The van der Waals surface area contributed by atoms with Gasteiger partial charge in [0.15, 0.2) is 0 Å². The number of nitrogens with two attached hydrogens (primary N) is 1. The summed E-state index contributed by atoms with van der Waals surface area (Å²) in [5, 5.41) is 7.25. The molecule has 1 aromatic carbocycles. The van der Waals surface area contributed by atoms with Gasteiger partial charge in [-0.3, -0.25) is 14.7 Å². The molecule has 0 spiro atoms. The molecule has 0 aliphatic carbocycles. The number of allylic oxidation sites excluding steroid dienone is 1. The number of nitrogens with one attached hydrogen (secondary N) is 2. The van der Waals surface area contributed by atoms with E-state index in [2.05, 4.69) is 25.4 Å². The normalized spacial score (nSPS) is 20.3. The minimum absolute atomic E-state index is 0.0493. The van der Waals surface area contributed by atoms with Gasteiger partial charge in [-0.25, -0.2) is 8.78 Å². The van der Waals surface area contributed by atoms with E-state index in [9.17, 15) is 13.6 Å². The van der Waals surface area contributed by atoms with Crippen LogP contribution in [0.2, 0.25) is 0 Å². The van der Waals surface area contributed by atoms with E-state index >= 15 is 0 Å². The fourth-order valence-corrected chi connectivity index (χ4v) is 6.15. The zero-order valence-electron chi connectivity index (χ0n) is 23.6. The lowest BCUT2D eigenvalue weighted by Gasteiger charge is -2.46. The lowest BCUT2D eigenvalue weighted by atomic mass is 9.90. The largest absolute Gasteiger partial charge is 0.404 e. The van der Waals surface area contributed by atoms with Crippen LogP contribution in [0.5, 0.6) is 0 Å². The molecule has 1 unspecified atom stereocenters. The molecule has 8 nitrogen and oxygen atoms in total. The van der Waals surface area contributed by atoms with Gasteiger partial charge in [0.2, 0.25) is 5.91 Å². The van der Waals surface area contributed by atoms with Crippen LogP contribution in [-0.4, -0.2) is 88.0 Å². The summed E-state index contributed by atoms with van der Waals surface area (Å²) in [7, 11) is 5.65. The third-order valence-electron chi connectivity index (χ3n) is 8.04. The predicted molar refractivity (Wildman–Crippen MR) is 154 cm³/mol. The molecule has 3 heterocycles. The van der Waals surface area contributed by atoms with Crippen LogP contribution in [0.15, 0.2) is 34.6 Å². The first-order valence-corrected chi connectivity index (χ1v) is 13.9. The second-order valence-electron chi connectivity index (χ2n) is 10.9. The van der Waals surface area contributed by atoms with E-state index in [0.717, 1.165) is 68.6 Å². The highest BCUT2D eigenvalue weighted by Gasteiger charge is 2.35. The Kier molecular flexibility index (Phi) is 9.61. The van der Waals surface area contributed by atoms with Crippen molar-refractivity contribution in [2.24, 2.45) is 10.7 Å². The number of aliphatic imine (C=N–C) groups is 1. The summed E-state index contributed by atoms with van der Waals surface area (Å²) >= 11 is 0. The monoisotopic (exact) mass is 543 g/mol. The maximum Gasteiger partial charge on any atom is 0.264 e.